The summed E-state index contributed by atoms with van der Waals surface area (Å²) >= 11 is 1.21. The van der Waals surface area contributed by atoms with Crippen molar-refractivity contribution in [2.75, 3.05) is 38.7 Å². The van der Waals surface area contributed by atoms with Gasteiger partial charge in [-0.1, -0.05) is 28.6 Å². The highest BCUT2D eigenvalue weighted by atomic mass is 32.2. The SMILES string of the molecule is CN1CC[C@H](Oc2ccc3nc(NC(=O)C(=NOCCCO)c4ccc(S(=O)(=O)C5CC5)cc4)sc3n2)C1. The number of nitrogens with zero attached hydrogens (tertiary/aromatic N) is 4. The van der Waals surface area contributed by atoms with E-state index in [0.717, 1.165) is 19.5 Å². The maximum absolute atomic E-state index is 13.2. The summed E-state index contributed by atoms with van der Waals surface area (Å²) in [5, 5.41) is 15.7. The molecule has 3 aromatic rings. The van der Waals surface area contributed by atoms with Gasteiger partial charge >= 0.3 is 0 Å². The molecule has 202 valence electrons. The summed E-state index contributed by atoms with van der Waals surface area (Å²) in [5.74, 6) is -0.0589. The fourth-order valence-corrected chi connectivity index (χ4v) is 6.56. The second-order valence-corrected chi connectivity index (χ2v) is 12.6. The van der Waals surface area contributed by atoms with Gasteiger partial charge in [0.2, 0.25) is 5.88 Å². The number of amides is 1. The summed E-state index contributed by atoms with van der Waals surface area (Å²) in [6.07, 6.45) is 2.71. The zero-order valence-corrected chi connectivity index (χ0v) is 22.5. The number of rotatable bonds is 11. The molecule has 0 bridgehead atoms. The van der Waals surface area contributed by atoms with E-state index in [4.69, 9.17) is 14.7 Å². The number of oxime groups is 1. The van der Waals surface area contributed by atoms with Gasteiger partial charge in [-0.25, -0.2) is 18.4 Å². The Hall–Kier alpha value is -3.13. The van der Waals surface area contributed by atoms with Crippen molar-refractivity contribution in [1.82, 2.24) is 14.9 Å². The molecule has 11 nitrogen and oxygen atoms in total. The van der Waals surface area contributed by atoms with Crippen LogP contribution in [0.2, 0.25) is 0 Å². The lowest BCUT2D eigenvalue weighted by molar-refractivity contribution is -0.110. The minimum atomic E-state index is -3.36. The summed E-state index contributed by atoms with van der Waals surface area (Å²) in [4.78, 5) is 30.5. The Balaban J connectivity index is 1.33. The predicted molar refractivity (Wildman–Crippen MR) is 143 cm³/mol. The Bertz CT molecular complexity index is 1440. The number of likely N-dealkylation sites (tertiary alicyclic amines) is 1. The second kappa shape index (κ2) is 11.3. The van der Waals surface area contributed by atoms with Crippen LogP contribution < -0.4 is 10.1 Å². The van der Waals surface area contributed by atoms with Crippen LogP contribution in [0.3, 0.4) is 0 Å². The van der Waals surface area contributed by atoms with Crippen molar-refractivity contribution in [2.24, 2.45) is 5.16 Å². The second-order valence-electron chi connectivity index (χ2n) is 9.36. The average molecular weight is 560 g/mol. The van der Waals surface area contributed by atoms with Crippen LogP contribution in [0.15, 0.2) is 46.4 Å². The normalized spacial score (nSPS) is 18.6. The number of fused-ring (bicyclic) bond motifs is 1. The largest absolute Gasteiger partial charge is 0.473 e. The molecular formula is C25H29N5O6S2. The van der Waals surface area contributed by atoms with Crippen LogP contribution in [0.1, 0.15) is 31.2 Å². The number of hydrogen-bond acceptors (Lipinski definition) is 11. The molecule has 2 fully saturated rings. The third-order valence-electron chi connectivity index (χ3n) is 6.27. The van der Waals surface area contributed by atoms with E-state index in [1.165, 1.54) is 35.6 Å². The van der Waals surface area contributed by atoms with Crippen molar-refractivity contribution < 1.29 is 27.9 Å². The molecule has 1 amide bonds. The molecule has 0 radical (unpaired) electrons. The van der Waals surface area contributed by atoms with Crippen molar-refractivity contribution in [3.05, 3.63) is 42.0 Å². The lowest BCUT2D eigenvalue weighted by atomic mass is 10.1. The highest BCUT2D eigenvalue weighted by Gasteiger charge is 2.36. The van der Waals surface area contributed by atoms with Gasteiger partial charge in [0.1, 0.15) is 23.1 Å². The Kier molecular flexibility index (Phi) is 7.88. The van der Waals surface area contributed by atoms with Gasteiger partial charge in [0, 0.05) is 37.7 Å². The molecular weight excluding hydrogens is 530 g/mol. The number of ether oxygens (including phenoxy) is 1. The molecule has 2 aromatic heterocycles. The molecule has 3 heterocycles. The minimum absolute atomic E-state index is 0.0418. The molecule has 0 unspecified atom stereocenters. The van der Waals surface area contributed by atoms with Crippen molar-refractivity contribution >= 4 is 48.3 Å². The number of hydrogen-bond donors (Lipinski definition) is 2. The van der Waals surface area contributed by atoms with Gasteiger partial charge in [0.05, 0.1) is 10.1 Å². The number of carbonyl (C=O) groups excluding carboxylic acids is 1. The van der Waals surface area contributed by atoms with Gasteiger partial charge in [0.15, 0.2) is 20.7 Å². The highest BCUT2D eigenvalue weighted by Crippen LogP contribution is 2.33. The van der Waals surface area contributed by atoms with E-state index in [1.54, 1.807) is 12.1 Å². The van der Waals surface area contributed by atoms with Gasteiger partial charge < -0.3 is 19.6 Å². The molecule has 1 aliphatic carbocycles. The van der Waals surface area contributed by atoms with Gasteiger partial charge in [-0.05, 0) is 44.5 Å². The zero-order valence-electron chi connectivity index (χ0n) is 20.9. The topological polar surface area (TPSA) is 143 Å². The predicted octanol–water partition coefficient (Wildman–Crippen LogP) is 2.45. The fraction of sp³-hybridized carbons (Fsp3) is 0.440. The van der Waals surface area contributed by atoms with Crippen LogP contribution in [0.4, 0.5) is 5.13 Å². The highest BCUT2D eigenvalue weighted by molar-refractivity contribution is 7.92. The summed E-state index contributed by atoms with van der Waals surface area (Å²) in [5.41, 5.74) is 0.964. The number of benzene rings is 1. The number of likely N-dealkylation sites (N-methyl/N-ethyl adjacent to an activating group) is 1. The molecule has 2 aliphatic rings. The molecule has 1 aromatic carbocycles. The quantitative estimate of drug-likeness (QED) is 0.206. The maximum Gasteiger partial charge on any atom is 0.280 e. The molecule has 2 N–H and O–H groups in total. The van der Waals surface area contributed by atoms with E-state index in [2.05, 4.69) is 32.4 Å². The van der Waals surface area contributed by atoms with Crippen molar-refractivity contribution in [2.45, 2.75) is 41.9 Å². The molecule has 13 heteroatoms. The fourth-order valence-electron chi connectivity index (χ4n) is 4.07. The van der Waals surface area contributed by atoms with Crippen LogP contribution in [0.25, 0.3) is 10.3 Å². The van der Waals surface area contributed by atoms with Gasteiger partial charge in [0.25, 0.3) is 5.91 Å². The molecule has 1 aliphatic heterocycles. The Morgan fingerprint density at radius 3 is 2.66 bits per heavy atom. The number of pyridine rings is 1. The average Bonchev–Trinajstić information content (AvgIpc) is 3.58. The standard InChI is InChI=1S/C25H29N5O6S2/c1-30-12-11-17(15-30)36-21-10-9-20-24(27-21)37-25(26-20)28-23(32)22(29-35-14-2-13-31)16-3-5-18(6-4-16)38(33,34)19-7-8-19/h3-6,9-10,17,19,31H,2,7-8,11-15H2,1H3,(H,26,28,32)/t17-/m0/s1. The molecule has 1 atom stereocenters. The first-order chi connectivity index (χ1) is 18.3. The smallest absolute Gasteiger partial charge is 0.280 e. The van der Waals surface area contributed by atoms with E-state index >= 15 is 0 Å². The lowest BCUT2D eigenvalue weighted by Crippen LogP contribution is -2.24. The van der Waals surface area contributed by atoms with Gasteiger partial charge in [-0.2, -0.15) is 0 Å². The number of aromatic nitrogens is 2. The third-order valence-corrected chi connectivity index (χ3v) is 9.43. The lowest BCUT2D eigenvalue weighted by Gasteiger charge is -2.12. The third kappa shape index (κ3) is 6.12. The van der Waals surface area contributed by atoms with Crippen LogP contribution in [0, 0.1) is 0 Å². The van der Waals surface area contributed by atoms with Crippen molar-refractivity contribution in [3.63, 3.8) is 0 Å². The first kappa shape index (κ1) is 26.5. The number of nitrogens with one attached hydrogen (secondary N) is 1. The Labute approximate surface area is 224 Å². The van der Waals surface area contributed by atoms with Crippen LogP contribution in [-0.4, -0.2) is 84.7 Å². The first-order valence-electron chi connectivity index (χ1n) is 12.4. The van der Waals surface area contributed by atoms with Crippen LogP contribution in [0.5, 0.6) is 5.88 Å². The number of sulfone groups is 1. The van der Waals surface area contributed by atoms with Gasteiger partial charge in [-0.3, -0.25) is 10.1 Å². The number of anilines is 1. The number of carbonyl (C=O) groups is 1. The Morgan fingerprint density at radius 1 is 1.18 bits per heavy atom. The number of aliphatic hydroxyl groups is 1. The van der Waals surface area contributed by atoms with Crippen LogP contribution >= 0.6 is 11.3 Å². The molecule has 5 rings (SSSR count). The maximum atomic E-state index is 13.2. The summed E-state index contributed by atoms with van der Waals surface area (Å²) < 4.78 is 31.1. The minimum Gasteiger partial charge on any atom is -0.473 e. The first-order valence-corrected chi connectivity index (χ1v) is 14.8. The molecule has 0 spiro atoms. The Morgan fingerprint density at radius 2 is 1.97 bits per heavy atom. The number of aliphatic hydroxyl groups excluding tert-OH is 1. The molecule has 1 saturated heterocycles. The van der Waals surface area contributed by atoms with E-state index in [1.807, 2.05) is 0 Å². The van der Waals surface area contributed by atoms with E-state index in [0.29, 0.717) is 46.2 Å². The monoisotopic (exact) mass is 559 g/mol. The molecule has 1 saturated carbocycles. The zero-order chi connectivity index (χ0) is 26.7. The van der Waals surface area contributed by atoms with Crippen LogP contribution in [-0.2, 0) is 19.5 Å². The van der Waals surface area contributed by atoms with E-state index < -0.39 is 15.7 Å². The summed E-state index contributed by atoms with van der Waals surface area (Å²) in [6.45, 7) is 1.87. The molecule has 38 heavy (non-hydrogen) atoms. The van der Waals surface area contributed by atoms with E-state index in [9.17, 15) is 13.2 Å². The van der Waals surface area contributed by atoms with Crippen molar-refractivity contribution in [3.8, 4) is 5.88 Å². The summed E-state index contributed by atoms with van der Waals surface area (Å²) in [7, 11) is -1.30. The van der Waals surface area contributed by atoms with Crippen molar-refractivity contribution in [1.29, 1.82) is 0 Å². The number of thiazole rings is 1. The summed E-state index contributed by atoms with van der Waals surface area (Å²) in [6, 6.07) is 9.59. The van der Waals surface area contributed by atoms with Gasteiger partial charge in [-0.15, -0.1) is 0 Å². The van der Waals surface area contributed by atoms with E-state index in [-0.39, 0.29) is 35.2 Å².